The van der Waals surface area contributed by atoms with Crippen molar-refractivity contribution >= 4 is 17.7 Å². The van der Waals surface area contributed by atoms with Gasteiger partial charge in [0.1, 0.15) is 5.54 Å². The summed E-state index contributed by atoms with van der Waals surface area (Å²) in [5, 5.41) is 2.95. The molecule has 1 aromatic rings. The highest BCUT2D eigenvalue weighted by atomic mass is 16.2. The first kappa shape index (κ1) is 35.5. The lowest BCUT2D eigenvalue weighted by Crippen LogP contribution is -2.63. The van der Waals surface area contributed by atoms with Gasteiger partial charge < -0.3 is 15.1 Å². The Morgan fingerprint density at radius 3 is 1.91 bits per heavy atom. The molecule has 7 nitrogen and oxygen atoms in total. The summed E-state index contributed by atoms with van der Waals surface area (Å²) in [6, 6.07) is 3.38. The number of aromatic nitrogens is 1. The van der Waals surface area contributed by atoms with E-state index in [-0.39, 0.29) is 23.6 Å². The van der Waals surface area contributed by atoms with Crippen LogP contribution in [0.1, 0.15) is 89.4 Å². The molecule has 2 heterocycles. The van der Waals surface area contributed by atoms with Crippen molar-refractivity contribution in [3.8, 4) is 0 Å². The van der Waals surface area contributed by atoms with Gasteiger partial charge in [0.25, 0.3) is 5.91 Å². The van der Waals surface area contributed by atoms with E-state index in [1.165, 1.54) is 6.20 Å². The molecule has 1 fully saturated rings. The van der Waals surface area contributed by atoms with E-state index >= 15 is 0 Å². The normalized spacial score (nSPS) is 15.9. The van der Waals surface area contributed by atoms with Crippen LogP contribution in [0.15, 0.2) is 85.3 Å². The van der Waals surface area contributed by atoms with E-state index in [1.54, 1.807) is 30.2 Å². The zero-order valence-corrected chi connectivity index (χ0v) is 26.7. The number of amides is 3. The first-order valence-electron chi connectivity index (χ1n) is 15.8. The number of pyridine rings is 1. The summed E-state index contributed by atoms with van der Waals surface area (Å²) in [5.41, 5.74) is -0.637. The van der Waals surface area contributed by atoms with Gasteiger partial charge in [-0.05, 0) is 69.9 Å². The van der Waals surface area contributed by atoms with Crippen LogP contribution in [0.5, 0.6) is 0 Å². The summed E-state index contributed by atoms with van der Waals surface area (Å²) in [4.78, 5) is 46.7. The zero-order valence-electron chi connectivity index (χ0n) is 26.7. The largest absolute Gasteiger partial charge is 0.339 e. The van der Waals surface area contributed by atoms with E-state index in [1.807, 2.05) is 18.7 Å². The number of carbonyl (C=O) groups excluding carboxylic acids is 3. The number of hydrogen-bond donors (Lipinski definition) is 1. The smallest absolute Gasteiger partial charge is 0.253 e. The second-order valence-corrected chi connectivity index (χ2v) is 11.3. The molecule has 0 aliphatic carbocycles. The highest BCUT2D eigenvalue weighted by Crippen LogP contribution is 2.22. The summed E-state index contributed by atoms with van der Waals surface area (Å²) < 4.78 is 0. The quantitative estimate of drug-likeness (QED) is 0.160. The van der Waals surface area contributed by atoms with Crippen LogP contribution < -0.4 is 5.32 Å². The van der Waals surface area contributed by atoms with Crippen LogP contribution in [0.3, 0.4) is 0 Å². The fourth-order valence-electron chi connectivity index (χ4n) is 4.64. The van der Waals surface area contributed by atoms with Gasteiger partial charge in [-0.25, -0.2) is 0 Å². The first-order valence-corrected chi connectivity index (χ1v) is 15.8. The van der Waals surface area contributed by atoms with Crippen molar-refractivity contribution in [2.24, 2.45) is 5.92 Å². The summed E-state index contributed by atoms with van der Waals surface area (Å²) >= 11 is 0. The SMILES string of the molecule is CCC=CCC=CCC=CCC=CCC=CCCCC(=O)N1CCN(C(=O)C(C)(NC(=O)c2cccnc2)C(C)C)CC1. The number of unbranched alkanes of at least 4 members (excludes halogenated alkanes) is 1. The minimum absolute atomic E-state index is 0.115. The monoisotopic (exact) mass is 588 g/mol. The van der Waals surface area contributed by atoms with Crippen molar-refractivity contribution in [2.45, 2.75) is 84.6 Å². The minimum Gasteiger partial charge on any atom is -0.339 e. The van der Waals surface area contributed by atoms with Gasteiger partial charge >= 0.3 is 0 Å². The van der Waals surface area contributed by atoms with Crippen LogP contribution in [-0.4, -0.2) is 64.2 Å². The third kappa shape index (κ3) is 13.0. The molecule has 1 unspecified atom stereocenters. The van der Waals surface area contributed by atoms with Crippen molar-refractivity contribution in [3.63, 3.8) is 0 Å². The number of piperazine rings is 1. The molecule has 0 bridgehead atoms. The molecule has 0 saturated carbocycles. The molecule has 0 aromatic carbocycles. The molecule has 1 aliphatic heterocycles. The van der Waals surface area contributed by atoms with Crippen LogP contribution in [-0.2, 0) is 9.59 Å². The highest BCUT2D eigenvalue weighted by molar-refractivity contribution is 5.99. The summed E-state index contributed by atoms with van der Waals surface area (Å²) in [6.07, 6.45) is 32.1. The maximum Gasteiger partial charge on any atom is 0.253 e. The first-order chi connectivity index (χ1) is 20.8. The zero-order chi connectivity index (χ0) is 31.3. The van der Waals surface area contributed by atoms with Crippen LogP contribution in [0, 0.1) is 5.92 Å². The summed E-state index contributed by atoms with van der Waals surface area (Å²) in [5.74, 6) is -0.420. The molecule has 1 aliphatic rings. The number of nitrogens with one attached hydrogen (secondary N) is 1. The lowest BCUT2D eigenvalue weighted by Gasteiger charge is -2.41. The summed E-state index contributed by atoms with van der Waals surface area (Å²) in [7, 11) is 0. The van der Waals surface area contributed by atoms with Crippen molar-refractivity contribution in [3.05, 3.63) is 90.9 Å². The molecule has 1 saturated heterocycles. The minimum atomic E-state index is -1.06. The second kappa shape index (κ2) is 20.2. The van der Waals surface area contributed by atoms with E-state index in [2.05, 4.69) is 78.0 Å². The van der Waals surface area contributed by atoms with Gasteiger partial charge in [-0.1, -0.05) is 81.5 Å². The topological polar surface area (TPSA) is 82.6 Å². The number of nitrogens with zero attached hydrogens (tertiary/aromatic N) is 3. The highest BCUT2D eigenvalue weighted by Gasteiger charge is 2.42. The van der Waals surface area contributed by atoms with Gasteiger partial charge in [0.05, 0.1) is 5.56 Å². The van der Waals surface area contributed by atoms with Gasteiger partial charge in [-0.3, -0.25) is 19.4 Å². The van der Waals surface area contributed by atoms with Crippen molar-refractivity contribution < 1.29 is 14.4 Å². The van der Waals surface area contributed by atoms with Crippen LogP contribution in [0.4, 0.5) is 0 Å². The van der Waals surface area contributed by atoms with Gasteiger partial charge in [-0.15, -0.1) is 0 Å². The summed E-state index contributed by atoms with van der Waals surface area (Å²) in [6.45, 7) is 9.73. The maximum absolute atomic E-state index is 13.5. The Morgan fingerprint density at radius 2 is 1.40 bits per heavy atom. The molecule has 1 aromatic heterocycles. The predicted molar refractivity (Wildman–Crippen MR) is 176 cm³/mol. The lowest BCUT2D eigenvalue weighted by molar-refractivity contribution is -0.144. The number of hydrogen-bond acceptors (Lipinski definition) is 4. The van der Waals surface area contributed by atoms with E-state index in [0.717, 1.165) is 44.9 Å². The van der Waals surface area contributed by atoms with E-state index in [9.17, 15) is 14.4 Å². The average Bonchev–Trinajstić information content (AvgIpc) is 3.02. The van der Waals surface area contributed by atoms with Crippen LogP contribution >= 0.6 is 0 Å². The standard InChI is InChI=1S/C36H52N4O3/c1-5-6-7-8-9-10-11-12-13-14-15-16-17-18-19-20-21-24-33(41)39-26-28-40(29-27-39)35(43)36(4,31(2)3)38-34(42)32-23-22-25-37-30-32/h6-7,9-10,12-13,15-16,18-19,22-23,25,30-31H,5,8,11,14,17,20-21,24,26-29H2,1-4H3,(H,38,42). The van der Waals surface area contributed by atoms with E-state index in [0.29, 0.717) is 38.2 Å². The molecule has 234 valence electrons. The van der Waals surface area contributed by atoms with Crippen molar-refractivity contribution in [1.82, 2.24) is 20.1 Å². The number of rotatable bonds is 17. The third-order valence-corrected chi connectivity index (χ3v) is 7.73. The lowest BCUT2D eigenvalue weighted by atomic mass is 9.86. The fraction of sp³-hybridized carbons (Fsp3) is 0.500. The average molecular weight is 589 g/mol. The van der Waals surface area contributed by atoms with Gasteiger partial charge in [0.15, 0.2) is 0 Å². The molecule has 3 amide bonds. The van der Waals surface area contributed by atoms with E-state index in [4.69, 9.17) is 0 Å². The Kier molecular flexibility index (Phi) is 16.7. The van der Waals surface area contributed by atoms with Gasteiger partial charge in [0.2, 0.25) is 11.8 Å². The third-order valence-electron chi connectivity index (χ3n) is 7.73. The Morgan fingerprint density at radius 1 is 0.860 bits per heavy atom. The Hall–Kier alpha value is -3.74. The molecule has 1 N–H and O–H groups in total. The molecule has 2 rings (SSSR count). The Bertz CT molecular complexity index is 1130. The molecule has 7 heteroatoms. The van der Waals surface area contributed by atoms with Crippen molar-refractivity contribution in [2.75, 3.05) is 26.2 Å². The van der Waals surface area contributed by atoms with Gasteiger partial charge in [-0.2, -0.15) is 0 Å². The fourth-order valence-corrected chi connectivity index (χ4v) is 4.64. The number of carbonyl (C=O) groups is 3. The maximum atomic E-state index is 13.5. The second-order valence-electron chi connectivity index (χ2n) is 11.3. The molecule has 0 radical (unpaired) electrons. The molecular formula is C36H52N4O3. The molecule has 1 atom stereocenters. The van der Waals surface area contributed by atoms with Crippen LogP contribution in [0.2, 0.25) is 0 Å². The molecule has 0 spiro atoms. The van der Waals surface area contributed by atoms with Crippen molar-refractivity contribution in [1.29, 1.82) is 0 Å². The van der Waals surface area contributed by atoms with E-state index < -0.39 is 5.54 Å². The predicted octanol–water partition coefficient (Wildman–Crippen LogP) is 6.82. The van der Waals surface area contributed by atoms with Gasteiger partial charge in [0, 0.05) is 45.0 Å². The molecular weight excluding hydrogens is 536 g/mol. The molecule has 43 heavy (non-hydrogen) atoms. The number of allylic oxidation sites excluding steroid dienone is 10. The van der Waals surface area contributed by atoms with Crippen LogP contribution in [0.25, 0.3) is 0 Å². The Labute approximate surface area is 259 Å². The Balaban J connectivity index is 1.64.